The highest BCUT2D eigenvalue weighted by Gasteiger charge is 2.08. The predicted octanol–water partition coefficient (Wildman–Crippen LogP) is 1.73. The summed E-state index contributed by atoms with van der Waals surface area (Å²) < 4.78 is 4.71. The van der Waals surface area contributed by atoms with Crippen molar-refractivity contribution >= 4 is 11.9 Å². The number of rotatable bonds is 6. The Hall–Kier alpha value is -1.36. The van der Waals surface area contributed by atoms with Crippen LogP contribution in [0.2, 0.25) is 0 Å². The summed E-state index contributed by atoms with van der Waals surface area (Å²) in [5.74, 6) is -1.05. The highest BCUT2D eigenvalue weighted by molar-refractivity contribution is 5.77. The van der Waals surface area contributed by atoms with Gasteiger partial charge in [-0.05, 0) is 26.3 Å². The van der Waals surface area contributed by atoms with Gasteiger partial charge < -0.3 is 4.74 Å². The average molecular weight is 216 g/mol. The predicted molar refractivity (Wildman–Crippen MR) is 52.5 cm³/mol. The molecule has 0 fully saturated rings. The van der Waals surface area contributed by atoms with Crippen LogP contribution in [-0.2, 0) is 24.1 Å². The molecule has 15 heavy (non-hydrogen) atoms. The zero-order valence-electron chi connectivity index (χ0n) is 9.24. The topological polar surface area (TPSA) is 61.8 Å². The van der Waals surface area contributed by atoms with Gasteiger partial charge in [0.2, 0.25) is 0 Å². The molecule has 0 spiro atoms. The molecule has 0 heterocycles. The van der Waals surface area contributed by atoms with Crippen LogP contribution in [0, 0.1) is 0 Å². The van der Waals surface area contributed by atoms with E-state index >= 15 is 0 Å². The standard InChI is InChI=1S/C10H16O5/c1-4-14-15-10(12)6-5-9(11)13-7-8(2)3/h7H,4-6H2,1-3H3. The number of hydrogen-bond donors (Lipinski definition) is 0. The lowest BCUT2D eigenvalue weighted by atomic mass is 10.3. The van der Waals surface area contributed by atoms with Crippen LogP contribution >= 0.6 is 0 Å². The van der Waals surface area contributed by atoms with Gasteiger partial charge in [0.25, 0.3) is 0 Å². The van der Waals surface area contributed by atoms with Gasteiger partial charge in [0, 0.05) is 0 Å². The fourth-order valence-corrected chi connectivity index (χ4v) is 0.613. The molecule has 0 aromatic carbocycles. The Labute approximate surface area is 88.9 Å². The zero-order chi connectivity index (χ0) is 11.7. The minimum atomic E-state index is -0.578. The molecule has 0 rings (SSSR count). The number of ether oxygens (including phenoxy) is 1. The molecule has 0 radical (unpaired) electrons. The molecule has 0 saturated heterocycles. The van der Waals surface area contributed by atoms with E-state index in [1.165, 1.54) is 6.26 Å². The van der Waals surface area contributed by atoms with Gasteiger partial charge in [0.15, 0.2) is 0 Å². The molecule has 5 nitrogen and oxygen atoms in total. The van der Waals surface area contributed by atoms with Crippen molar-refractivity contribution in [1.82, 2.24) is 0 Å². The molecule has 0 aliphatic rings. The van der Waals surface area contributed by atoms with E-state index in [2.05, 4.69) is 9.78 Å². The van der Waals surface area contributed by atoms with Gasteiger partial charge >= 0.3 is 11.9 Å². The van der Waals surface area contributed by atoms with Crippen LogP contribution in [0.5, 0.6) is 0 Å². The van der Waals surface area contributed by atoms with Crippen LogP contribution in [-0.4, -0.2) is 18.5 Å². The third kappa shape index (κ3) is 8.96. The van der Waals surface area contributed by atoms with Crippen LogP contribution in [0.4, 0.5) is 0 Å². The molecule has 5 heteroatoms. The second kappa shape index (κ2) is 7.99. The first kappa shape index (κ1) is 13.6. The van der Waals surface area contributed by atoms with Gasteiger partial charge in [-0.15, -0.1) is 0 Å². The van der Waals surface area contributed by atoms with Gasteiger partial charge in [-0.3, -0.25) is 9.68 Å². The fourth-order valence-electron chi connectivity index (χ4n) is 0.613. The fraction of sp³-hybridized carbons (Fsp3) is 0.600. The summed E-state index contributed by atoms with van der Waals surface area (Å²) in [5.41, 5.74) is 0.875. The normalized spacial score (nSPS) is 9.27. The van der Waals surface area contributed by atoms with E-state index in [1.54, 1.807) is 20.8 Å². The number of carbonyl (C=O) groups excluding carboxylic acids is 2. The Balaban J connectivity index is 3.62. The van der Waals surface area contributed by atoms with Gasteiger partial charge in [0.05, 0.1) is 25.7 Å². The Bertz CT molecular complexity index is 240. The molecule has 0 N–H and O–H groups in total. The van der Waals surface area contributed by atoms with E-state index in [1.807, 2.05) is 0 Å². The number of hydrogen-bond acceptors (Lipinski definition) is 5. The van der Waals surface area contributed by atoms with Crippen molar-refractivity contribution in [2.45, 2.75) is 33.6 Å². The molecule has 0 unspecified atom stereocenters. The molecule has 0 aliphatic carbocycles. The highest BCUT2D eigenvalue weighted by Crippen LogP contribution is 1.98. The second-order valence-electron chi connectivity index (χ2n) is 3.05. The Kier molecular flexibility index (Phi) is 7.27. The first-order valence-corrected chi connectivity index (χ1v) is 4.71. The molecule has 0 aromatic rings. The quantitative estimate of drug-likeness (QED) is 0.293. The summed E-state index contributed by atoms with van der Waals surface area (Å²) in [5, 5.41) is 0. The van der Waals surface area contributed by atoms with E-state index in [0.29, 0.717) is 0 Å². The van der Waals surface area contributed by atoms with E-state index in [4.69, 9.17) is 4.74 Å². The van der Waals surface area contributed by atoms with Gasteiger partial charge in [-0.2, -0.15) is 4.89 Å². The first-order valence-electron chi connectivity index (χ1n) is 4.71. The summed E-state index contributed by atoms with van der Waals surface area (Å²) in [7, 11) is 0. The largest absolute Gasteiger partial charge is 0.435 e. The van der Waals surface area contributed by atoms with Gasteiger partial charge in [-0.1, -0.05) is 0 Å². The number of allylic oxidation sites excluding steroid dienone is 1. The molecule has 0 bridgehead atoms. The Morgan fingerprint density at radius 1 is 1.13 bits per heavy atom. The maximum absolute atomic E-state index is 11.0. The maximum atomic E-state index is 11.0. The molecule has 0 amide bonds. The van der Waals surface area contributed by atoms with Crippen molar-refractivity contribution in [2.24, 2.45) is 0 Å². The van der Waals surface area contributed by atoms with Gasteiger partial charge in [0.1, 0.15) is 0 Å². The van der Waals surface area contributed by atoms with Crippen LogP contribution in [0.3, 0.4) is 0 Å². The molecule has 0 atom stereocenters. The maximum Gasteiger partial charge on any atom is 0.342 e. The molecule has 0 saturated carbocycles. The monoisotopic (exact) mass is 216 g/mol. The Morgan fingerprint density at radius 2 is 1.73 bits per heavy atom. The number of carbonyl (C=O) groups is 2. The van der Waals surface area contributed by atoms with Crippen LogP contribution in [0.25, 0.3) is 0 Å². The first-order chi connectivity index (χ1) is 7.06. The van der Waals surface area contributed by atoms with Crippen molar-refractivity contribution < 1.29 is 24.1 Å². The molecular weight excluding hydrogens is 200 g/mol. The third-order valence-electron chi connectivity index (χ3n) is 1.23. The lowest BCUT2D eigenvalue weighted by Crippen LogP contribution is -2.09. The van der Waals surface area contributed by atoms with E-state index < -0.39 is 11.9 Å². The van der Waals surface area contributed by atoms with Crippen molar-refractivity contribution in [3.8, 4) is 0 Å². The van der Waals surface area contributed by atoms with E-state index in [0.717, 1.165) is 5.57 Å². The van der Waals surface area contributed by atoms with Crippen LogP contribution in [0.15, 0.2) is 11.8 Å². The van der Waals surface area contributed by atoms with Crippen LogP contribution < -0.4 is 0 Å². The lowest BCUT2D eigenvalue weighted by molar-refractivity contribution is -0.269. The lowest BCUT2D eigenvalue weighted by Gasteiger charge is -2.01. The summed E-state index contributed by atoms with van der Waals surface area (Å²) in [6, 6.07) is 0. The summed E-state index contributed by atoms with van der Waals surface area (Å²) in [6.07, 6.45) is 1.28. The minimum absolute atomic E-state index is 0.0182. The molecule has 86 valence electrons. The summed E-state index contributed by atoms with van der Waals surface area (Å²) in [6.45, 7) is 5.58. The second-order valence-corrected chi connectivity index (χ2v) is 3.05. The summed E-state index contributed by atoms with van der Waals surface area (Å²) >= 11 is 0. The molecule has 0 aromatic heterocycles. The van der Waals surface area contributed by atoms with Crippen molar-refractivity contribution in [1.29, 1.82) is 0 Å². The van der Waals surface area contributed by atoms with E-state index in [-0.39, 0.29) is 19.4 Å². The average Bonchev–Trinajstić information content (AvgIpc) is 2.20. The van der Waals surface area contributed by atoms with Gasteiger partial charge in [-0.25, -0.2) is 4.79 Å². The van der Waals surface area contributed by atoms with Crippen LogP contribution in [0.1, 0.15) is 33.6 Å². The summed E-state index contributed by atoms with van der Waals surface area (Å²) in [4.78, 5) is 30.6. The Morgan fingerprint density at radius 3 is 2.27 bits per heavy atom. The minimum Gasteiger partial charge on any atom is -0.435 e. The van der Waals surface area contributed by atoms with Crippen molar-refractivity contribution in [3.05, 3.63) is 11.8 Å². The van der Waals surface area contributed by atoms with E-state index in [9.17, 15) is 9.59 Å². The molecule has 0 aliphatic heterocycles. The van der Waals surface area contributed by atoms with Crippen molar-refractivity contribution in [3.63, 3.8) is 0 Å². The third-order valence-corrected chi connectivity index (χ3v) is 1.23. The smallest absolute Gasteiger partial charge is 0.342 e. The zero-order valence-corrected chi connectivity index (χ0v) is 9.24. The number of esters is 1. The SMILES string of the molecule is CCOOC(=O)CCC(=O)OC=C(C)C. The highest BCUT2D eigenvalue weighted by atomic mass is 17.2. The molecular formula is C10H16O5. The van der Waals surface area contributed by atoms with Crippen molar-refractivity contribution in [2.75, 3.05) is 6.61 Å².